The van der Waals surface area contributed by atoms with Gasteiger partial charge in [0, 0.05) is 10.6 Å². The van der Waals surface area contributed by atoms with Gasteiger partial charge in [-0.2, -0.15) is 0 Å². The monoisotopic (exact) mass is 242 g/mol. The number of hydrogen-bond acceptors (Lipinski definition) is 1. The van der Waals surface area contributed by atoms with Crippen LogP contribution in [0.2, 0.25) is 5.02 Å². The molecule has 1 nitrogen and oxygen atoms in total. The molecule has 0 aliphatic rings. The van der Waals surface area contributed by atoms with Gasteiger partial charge in [0.1, 0.15) is 0 Å². The van der Waals surface area contributed by atoms with Crippen LogP contribution in [0.4, 0.5) is 0 Å². The van der Waals surface area contributed by atoms with Gasteiger partial charge < -0.3 is 0 Å². The molecule has 0 fully saturated rings. The van der Waals surface area contributed by atoms with Gasteiger partial charge in [0.15, 0.2) is 6.29 Å². The van der Waals surface area contributed by atoms with Crippen LogP contribution in [0.1, 0.15) is 21.5 Å². The Morgan fingerprint density at radius 1 is 0.765 bits per heavy atom. The van der Waals surface area contributed by atoms with E-state index in [1.807, 2.05) is 54.6 Å². The van der Waals surface area contributed by atoms with E-state index in [2.05, 4.69) is 0 Å². The fraction of sp³-hybridized carbons (Fsp3) is 0. The van der Waals surface area contributed by atoms with Gasteiger partial charge in [0.05, 0.1) is 0 Å². The van der Waals surface area contributed by atoms with Crippen LogP contribution in [0.15, 0.2) is 48.5 Å². The second-order valence-corrected chi connectivity index (χ2v) is 4.01. The number of aldehydes is 1. The lowest BCUT2D eigenvalue weighted by atomic mass is 10.1. The Morgan fingerprint density at radius 2 is 1.29 bits per heavy atom. The van der Waals surface area contributed by atoms with Gasteiger partial charge in [-0.25, -0.2) is 0 Å². The summed E-state index contributed by atoms with van der Waals surface area (Å²) in [4.78, 5) is 10.8. The van der Waals surface area contributed by atoms with Crippen LogP contribution in [0.3, 0.4) is 0 Å². The second-order valence-electron chi connectivity index (χ2n) is 3.60. The number of hydrogen-bond donors (Lipinski definition) is 0. The zero-order chi connectivity index (χ0) is 12.1. The van der Waals surface area contributed by atoms with E-state index >= 15 is 0 Å². The van der Waals surface area contributed by atoms with Crippen LogP contribution in [0.5, 0.6) is 0 Å². The Hall–Kier alpha value is -1.86. The SMILES string of the molecule is O=Cc1ccccc1C=Cc1ccccc1Cl. The molecule has 0 radical (unpaired) electrons. The first-order chi connectivity index (χ1) is 8.31. The second kappa shape index (κ2) is 5.46. The Balaban J connectivity index is 2.32. The van der Waals surface area contributed by atoms with Crippen molar-refractivity contribution in [2.45, 2.75) is 0 Å². The normalized spacial score (nSPS) is 10.6. The molecule has 2 rings (SSSR count). The summed E-state index contributed by atoms with van der Waals surface area (Å²) in [5.41, 5.74) is 2.51. The number of benzene rings is 2. The van der Waals surface area contributed by atoms with E-state index in [-0.39, 0.29) is 0 Å². The molecule has 2 heteroatoms. The molecule has 0 aliphatic carbocycles. The molecule has 0 aromatic heterocycles. The number of carbonyl (C=O) groups is 1. The maximum atomic E-state index is 10.8. The highest BCUT2D eigenvalue weighted by Crippen LogP contribution is 2.18. The van der Waals surface area contributed by atoms with Crippen molar-refractivity contribution >= 4 is 30.0 Å². The molecule has 84 valence electrons. The van der Waals surface area contributed by atoms with Gasteiger partial charge in [-0.05, 0) is 17.2 Å². The minimum atomic E-state index is 0.677. The molecule has 0 heterocycles. The van der Waals surface area contributed by atoms with Gasteiger partial charge in [0.2, 0.25) is 0 Å². The summed E-state index contributed by atoms with van der Waals surface area (Å²) in [7, 11) is 0. The number of rotatable bonds is 3. The third-order valence-electron chi connectivity index (χ3n) is 2.47. The van der Waals surface area contributed by atoms with E-state index in [1.54, 1.807) is 6.07 Å². The van der Waals surface area contributed by atoms with Gasteiger partial charge in [0.25, 0.3) is 0 Å². The molecule has 2 aromatic carbocycles. The van der Waals surface area contributed by atoms with Crippen molar-refractivity contribution in [2.24, 2.45) is 0 Å². The average Bonchev–Trinajstić information content (AvgIpc) is 2.38. The van der Waals surface area contributed by atoms with E-state index in [9.17, 15) is 4.79 Å². The minimum Gasteiger partial charge on any atom is -0.298 e. The van der Waals surface area contributed by atoms with Crippen LogP contribution >= 0.6 is 11.6 Å². The maximum Gasteiger partial charge on any atom is 0.150 e. The maximum absolute atomic E-state index is 10.8. The topological polar surface area (TPSA) is 17.1 Å². The molecule has 17 heavy (non-hydrogen) atoms. The Morgan fingerprint density at radius 3 is 1.94 bits per heavy atom. The van der Waals surface area contributed by atoms with Crippen LogP contribution in [0.25, 0.3) is 12.2 Å². The third kappa shape index (κ3) is 2.83. The zero-order valence-corrected chi connectivity index (χ0v) is 9.89. The van der Waals surface area contributed by atoms with Crippen LogP contribution in [-0.4, -0.2) is 6.29 Å². The molecule has 0 spiro atoms. The Kier molecular flexibility index (Phi) is 3.73. The highest BCUT2D eigenvalue weighted by molar-refractivity contribution is 6.32. The van der Waals surface area contributed by atoms with Gasteiger partial charge in [-0.3, -0.25) is 4.79 Å². The van der Waals surface area contributed by atoms with E-state index < -0.39 is 0 Å². The predicted octanol–water partition coefficient (Wildman–Crippen LogP) is 4.32. The molecular weight excluding hydrogens is 232 g/mol. The summed E-state index contributed by atoms with van der Waals surface area (Å²) in [6, 6.07) is 15.0. The van der Waals surface area contributed by atoms with E-state index in [4.69, 9.17) is 11.6 Å². The summed E-state index contributed by atoms with van der Waals surface area (Å²) in [5, 5.41) is 0.701. The molecule has 0 unspecified atom stereocenters. The van der Waals surface area contributed by atoms with Crippen molar-refractivity contribution in [3.05, 3.63) is 70.2 Å². The average molecular weight is 243 g/mol. The van der Waals surface area contributed by atoms with E-state index in [1.165, 1.54) is 0 Å². The summed E-state index contributed by atoms with van der Waals surface area (Å²) in [5.74, 6) is 0. The fourth-order valence-corrected chi connectivity index (χ4v) is 1.76. The molecule has 0 aliphatic heterocycles. The highest BCUT2D eigenvalue weighted by Gasteiger charge is 1.97. The van der Waals surface area contributed by atoms with Crippen LogP contribution < -0.4 is 0 Å². The first-order valence-electron chi connectivity index (χ1n) is 5.28. The first-order valence-corrected chi connectivity index (χ1v) is 5.66. The van der Waals surface area contributed by atoms with Crippen molar-refractivity contribution in [3.63, 3.8) is 0 Å². The number of carbonyl (C=O) groups excluding carboxylic acids is 1. The highest BCUT2D eigenvalue weighted by atomic mass is 35.5. The van der Waals surface area contributed by atoms with Crippen molar-refractivity contribution in [1.29, 1.82) is 0 Å². The van der Waals surface area contributed by atoms with Crippen molar-refractivity contribution in [1.82, 2.24) is 0 Å². The standard InChI is InChI=1S/C15H11ClO/c16-15-8-4-3-6-13(15)10-9-12-5-1-2-7-14(12)11-17/h1-11H. The van der Waals surface area contributed by atoms with Crippen molar-refractivity contribution in [2.75, 3.05) is 0 Å². The van der Waals surface area contributed by atoms with Crippen molar-refractivity contribution in [3.8, 4) is 0 Å². The molecule has 0 saturated heterocycles. The summed E-state index contributed by atoms with van der Waals surface area (Å²) in [6.45, 7) is 0. The van der Waals surface area contributed by atoms with Gasteiger partial charge >= 0.3 is 0 Å². The third-order valence-corrected chi connectivity index (χ3v) is 2.81. The molecule has 0 atom stereocenters. The van der Waals surface area contributed by atoms with Crippen LogP contribution in [0, 0.1) is 0 Å². The largest absolute Gasteiger partial charge is 0.298 e. The predicted molar refractivity (Wildman–Crippen MR) is 72.2 cm³/mol. The first kappa shape index (κ1) is 11.6. The summed E-state index contributed by atoms with van der Waals surface area (Å²) < 4.78 is 0. The van der Waals surface area contributed by atoms with E-state index in [0.717, 1.165) is 17.4 Å². The minimum absolute atomic E-state index is 0.677. The molecule has 0 N–H and O–H groups in total. The molecule has 0 saturated carbocycles. The summed E-state index contributed by atoms with van der Waals surface area (Å²) in [6.07, 6.45) is 4.65. The van der Waals surface area contributed by atoms with Gasteiger partial charge in [-0.15, -0.1) is 0 Å². The van der Waals surface area contributed by atoms with E-state index in [0.29, 0.717) is 10.6 Å². The fourth-order valence-electron chi connectivity index (χ4n) is 1.56. The Bertz CT molecular complexity index is 558. The molecule has 0 bridgehead atoms. The molecule has 0 amide bonds. The quantitative estimate of drug-likeness (QED) is 0.579. The van der Waals surface area contributed by atoms with Crippen molar-refractivity contribution < 1.29 is 4.79 Å². The zero-order valence-electron chi connectivity index (χ0n) is 9.14. The lowest BCUT2D eigenvalue weighted by Gasteiger charge is -1.99. The molecule has 2 aromatic rings. The Labute approximate surface area is 105 Å². The summed E-state index contributed by atoms with van der Waals surface area (Å²) >= 11 is 6.04. The molecular formula is C15H11ClO. The number of halogens is 1. The van der Waals surface area contributed by atoms with Crippen LogP contribution in [-0.2, 0) is 0 Å². The smallest absolute Gasteiger partial charge is 0.150 e. The van der Waals surface area contributed by atoms with Gasteiger partial charge in [-0.1, -0.05) is 66.2 Å². The lowest BCUT2D eigenvalue weighted by Crippen LogP contribution is -1.84. The lowest BCUT2D eigenvalue weighted by molar-refractivity contribution is 0.112.